The predicted molar refractivity (Wildman–Crippen MR) is 73.1 cm³/mol. The van der Waals surface area contributed by atoms with Crippen LogP contribution in [0.2, 0.25) is 0 Å². The van der Waals surface area contributed by atoms with Gasteiger partial charge in [0.1, 0.15) is 0 Å². The molecule has 0 unspecified atom stereocenters. The standard InChI is InChI=1S/C15H13N3O/c1-10-13(9-18(2)17-10)15(19)12-5-3-7-14-11(12)6-4-8-16-14/h3-9H,1-2H3. The van der Waals surface area contributed by atoms with Crippen LogP contribution in [0.4, 0.5) is 0 Å². The van der Waals surface area contributed by atoms with Crippen LogP contribution in [-0.4, -0.2) is 20.5 Å². The largest absolute Gasteiger partial charge is 0.288 e. The van der Waals surface area contributed by atoms with Gasteiger partial charge in [-0.25, -0.2) is 0 Å². The molecule has 0 saturated carbocycles. The van der Waals surface area contributed by atoms with Gasteiger partial charge in [-0.1, -0.05) is 18.2 Å². The Balaban J connectivity index is 2.19. The molecule has 3 aromatic rings. The van der Waals surface area contributed by atoms with Gasteiger partial charge in [-0.2, -0.15) is 5.10 Å². The van der Waals surface area contributed by atoms with Crippen molar-refractivity contribution in [1.82, 2.24) is 14.8 Å². The smallest absolute Gasteiger partial charge is 0.197 e. The van der Waals surface area contributed by atoms with Crippen molar-refractivity contribution in [3.05, 3.63) is 59.5 Å². The van der Waals surface area contributed by atoms with Crippen LogP contribution in [0.15, 0.2) is 42.7 Å². The monoisotopic (exact) mass is 251 g/mol. The third-order valence-corrected chi connectivity index (χ3v) is 3.15. The topological polar surface area (TPSA) is 47.8 Å². The molecule has 0 amide bonds. The maximum atomic E-state index is 12.6. The Morgan fingerprint density at radius 1 is 1.16 bits per heavy atom. The molecule has 0 aliphatic heterocycles. The first-order valence-electron chi connectivity index (χ1n) is 6.05. The van der Waals surface area contributed by atoms with Gasteiger partial charge < -0.3 is 0 Å². The van der Waals surface area contributed by atoms with Crippen LogP contribution in [-0.2, 0) is 7.05 Å². The summed E-state index contributed by atoms with van der Waals surface area (Å²) in [6.07, 6.45) is 3.48. The van der Waals surface area contributed by atoms with E-state index < -0.39 is 0 Å². The lowest BCUT2D eigenvalue weighted by Gasteiger charge is -2.04. The fraction of sp³-hybridized carbons (Fsp3) is 0.133. The van der Waals surface area contributed by atoms with E-state index in [1.165, 1.54) is 0 Å². The molecular formula is C15H13N3O. The predicted octanol–water partition coefficient (Wildman–Crippen LogP) is 2.51. The summed E-state index contributed by atoms with van der Waals surface area (Å²) < 4.78 is 1.66. The SMILES string of the molecule is Cc1nn(C)cc1C(=O)c1cccc2ncccc12. The zero-order chi connectivity index (χ0) is 13.4. The van der Waals surface area contributed by atoms with Gasteiger partial charge in [-0.3, -0.25) is 14.5 Å². The Kier molecular flexibility index (Phi) is 2.63. The fourth-order valence-electron chi connectivity index (χ4n) is 2.27. The van der Waals surface area contributed by atoms with Gasteiger partial charge in [-0.05, 0) is 19.1 Å². The number of pyridine rings is 1. The molecule has 4 nitrogen and oxygen atoms in total. The van der Waals surface area contributed by atoms with Crippen LogP contribution < -0.4 is 0 Å². The third-order valence-electron chi connectivity index (χ3n) is 3.15. The Labute approximate surface area is 110 Å². The lowest BCUT2D eigenvalue weighted by atomic mass is 10.00. The van der Waals surface area contributed by atoms with Crippen molar-refractivity contribution >= 4 is 16.7 Å². The van der Waals surface area contributed by atoms with E-state index in [2.05, 4.69) is 10.1 Å². The molecule has 3 rings (SSSR count). The van der Waals surface area contributed by atoms with Crippen LogP contribution in [0.5, 0.6) is 0 Å². The van der Waals surface area contributed by atoms with Gasteiger partial charge in [0.05, 0.1) is 16.8 Å². The molecule has 0 saturated heterocycles. The summed E-state index contributed by atoms with van der Waals surface area (Å²) in [6, 6.07) is 9.35. The molecule has 4 heteroatoms. The average Bonchev–Trinajstić information content (AvgIpc) is 2.76. The van der Waals surface area contributed by atoms with Gasteiger partial charge in [0.2, 0.25) is 0 Å². The molecule has 1 aromatic carbocycles. The van der Waals surface area contributed by atoms with E-state index in [-0.39, 0.29) is 5.78 Å². The Hall–Kier alpha value is -2.49. The van der Waals surface area contributed by atoms with Crippen LogP contribution in [0.3, 0.4) is 0 Å². The maximum absolute atomic E-state index is 12.6. The van der Waals surface area contributed by atoms with Crippen molar-refractivity contribution < 1.29 is 4.79 Å². The number of carbonyl (C=O) groups excluding carboxylic acids is 1. The van der Waals surface area contributed by atoms with E-state index in [0.717, 1.165) is 16.6 Å². The fourth-order valence-corrected chi connectivity index (χ4v) is 2.27. The molecule has 0 fully saturated rings. The summed E-state index contributed by atoms with van der Waals surface area (Å²) in [5.74, 6) is -0.01000. The molecule has 0 aliphatic carbocycles. The molecule has 0 N–H and O–H groups in total. The number of aryl methyl sites for hydroxylation is 2. The molecule has 94 valence electrons. The number of hydrogen-bond donors (Lipinski definition) is 0. The van der Waals surface area contributed by atoms with Crippen molar-refractivity contribution in [2.75, 3.05) is 0 Å². The highest BCUT2D eigenvalue weighted by molar-refractivity contribution is 6.16. The molecule has 0 atom stereocenters. The van der Waals surface area contributed by atoms with Gasteiger partial charge >= 0.3 is 0 Å². The lowest BCUT2D eigenvalue weighted by Crippen LogP contribution is -2.03. The van der Waals surface area contributed by atoms with Crippen molar-refractivity contribution in [3.8, 4) is 0 Å². The van der Waals surface area contributed by atoms with E-state index in [9.17, 15) is 4.79 Å². The highest BCUT2D eigenvalue weighted by Crippen LogP contribution is 2.20. The molecule has 2 heterocycles. The van der Waals surface area contributed by atoms with Gasteiger partial charge in [0.15, 0.2) is 5.78 Å². The minimum Gasteiger partial charge on any atom is -0.288 e. The molecule has 2 aromatic heterocycles. The molecule has 0 bridgehead atoms. The molecule has 0 spiro atoms. The van der Waals surface area contributed by atoms with Crippen LogP contribution in [0.1, 0.15) is 21.6 Å². The highest BCUT2D eigenvalue weighted by Gasteiger charge is 2.16. The first-order valence-corrected chi connectivity index (χ1v) is 6.05. The normalized spacial score (nSPS) is 10.8. The summed E-state index contributed by atoms with van der Waals surface area (Å²) in [4.78, 5) is 16.9. The number of nitrogens with zero attached hydrogens (tertiary/aromatic N) is 3. The number of rotatable bonds is 2. The van der Waals surface area contributed by atoms with Gasteiger partial charge in [0, 0.05) is 30.4 Å². The van der Waals surface area contributed by atoms with E-state index in [1.807, 2.05) is 44.3 Å². The lowest BCUT2D eigenvalue weighted by molar-refractivity contribution is 0.103. The summed E-state index contributed by atoms with van der Waals surface area (Å²) >= 11 is 0. The van der Waals surface area contributed by atoms with Crippen molar-refractivity contribution in [3.63, 3.8) is 0 Å². The van der Waals surface area contributed by atoms with Gasteiger partial charge in [0.25, 0.3) is 0 Å². The Morgan fingerprint density at radius 3 is 2.74 bits per heavy atom. The zero-order valence-corrected chi connectivity index (χ0v) is 10.8. The van der Waals surface area contributed by atoms with Crippen LogP contribution in [0.25, 0.3) is 10.9 Å². The minimum absolute atomic E-state index is 0.01000. The van der Waals surface area contributed by atoms with E-state index in [1.54, 1.807) is 17.1 Å². The number of fused-ring (bicyclic) bond motifs is 1. The van der Waals surface area contributed by atoms with Crippen molar-refractivity contribution in [2.24, 2.45) is 7.05 Å². The van der Waals surface area contributed by atoms with Crippen molar-refractivity contribution in [2.45, 2.75) is 6.92 Å². The van der Waals surface area contributed by atoms with E-state index in [4.69, 9.17) is 0 Å². The summed E-state index contributed by atoms with van der Waals surface area (Å²) in [7, 11) is 1.81. The second kappa shape index (κ2) is 4.31. The first-order chi connectivity index (χ1) is 9.16. The zero-order valence-electron chi connectivity index (χ0n) is 10.8. The summed E-state index contributed by atoms with van der Waals surface area (Å²) in [5.41, 5.74) is 2.88. The van der Waals surface area contributed by atoms with Gasteiger partial charge in [-0.15, -0.1) is 0 Å². The number of hydrogen-bond acceptors (Lipinski definition) is 3. The minimum atomic E-state index is -0.01000. The molecule has 0 aliphatic rings. The van der Waals surface area contributed by atoms with Crippen LogP contribution in [0, 0.1) is 6.92 Å². The molecular weight excluding hydrogens is 238 g/mol. The second-order valence-corrected chi connectivity index (χ2v) is 4.51. The molecule has 19 heavy (non-hydrogen) atoms. The second-order valence-electron chi connectivity index (χ2n) is 4.51. The average molecular weight is 251 g/mol. The number of benzene rings is 1. The summed E-state index contributed by atoms with van der Waals surface area (Å²) in [6.45, 7) is 1.84. The Bertz CT molecular complexity index is 769. The third kappa shape index (κ3) is 1.91. The highest BCUT2D eigenvalue weighted by atomic mass is 16.1. The Morgan fingerprint density at radius 2 is 2.00 bits per heavy atom. The number of aromatic nitrogens is 3. The van der Waals surface area contributed by atoms with E-state index in [0.29, 0.717) is 11.1 Å². The quantitative estimate of drug-likeness (QED) is 0.657. The van der Waals surface area contributed by atoms with Crippen molar-refractivity contribution in [1.29, 1.82) is 0 Å². The van der Waals surface area contributed by atoms with Crippen LogP contribution >= 0.6 is 0 Å². The first kappa shape index (κ1) is 11.6. The maximum Gasteiger partial charge on any atom is 0.197 e. The number of ketones is 1. The summed E-state index contributed by atoms with van der Waals surface area (Å²) in [5, 5.41) is 5.09. The molecule has 0 radical (unpaired) electrons. The van der Waals surface area contributed by atoms with E-state index >= 15 is 0 Å². The number of carbonyl (C=O) groups is 1.